The van der Waals surface area contributed by atoms with Crippen LogP contribution in [0.4, 0.5) is 0 Å². The molecular weight excluding hydrogens is 336 g/mol. The van der Waals surface area contributed by atoms with E-state index >= 15 is 0 Å². The van der Waals surface area contributed by atoms with Gasteiger partial charge in [0.2, 0.25) is 10.0 Å². The maximum atomic E-state index is 12.7. The summed E-state index contributed by atoms with van der Waals surface area (Å²) >= 11 is 6.05. The van der Waals surface area contributed by atoms with Crippen molar-refractivity contribution in [2.75, 3.05) is 26.2 Å². The highest BCUT2D eigenvalue weighted by molar-refractivity contribution is 7.89. The van der Waals surface area contributed by atoms with Crippen molar-refractivity contribution in [2.45, 2.75) is 42.7 Å². The Hall–Kier alpha value is -0.660. The first-order valence-electron chi connectivity index (χ1n) is 8.17. The highest BCUT2D eigenvalue weighted by atomic mass is 35.5. The maximum Gasteiger partial charge on any atom is 0.244 e. The largest absolute Gasteiger partial charge is 0.391 e. The predicted octanol–water partition coefficient (Wildman–Crippen LogP) is 1.95. The molecule has 128 valence electrons. The van der Waals surface area contributed by atoms with Crippen LogP contribution >= 0.6 is 11.6 Å². The maximum absolute atomic E-state index is 12.7. The summed E-state index contributed by atoms with van der Waals surface area (Å²) in [6.45, 7) is 2.20. The Morgan fingerprint density at radius 3 is 2.35 bits per heavy atom. The molecule has 0 spiro atoms. The minimum absolute atomic E-state index is 0.174. The fourth-order valence-corrected chi connectivity index (χ4v) is 5.50. The Labute approximate surface area is 142 Å². The summed E-state index contributed by atoms with van der Waals surface area (Å²) in [5.41, 5.74) is 0. The molecule has 2 fully saturated rings. The van der Waals surface area contributed by atoms with E-state index in [1.807, 2.05) is 0 Å². The molecule has 2 aliphatic rings. The SMILES string of the molecule is O=S(=O)(c1ccccc1Cl)N1CCN([C@@H]2CCCC[C@H]2O)CC1. The summed E-state index contributed by atoms with van der Waals surface area (Å²) in [6, 6.07) is 6.74. The summed E-state index contributed by atoms with van der Waals surface area (Å²) in [5.74, 6) is 0. The summed E-state index contributed by atoms with van der Waals surface area (Å²) in [5, 5.41) is 10.4. The van der Waals surface area contributed by atoms with Crippen molar-refractivity contribution in [2.24, 2.45) is 0 Å². The van der Waals surface area contributed by atoms with Gasteiger partial charge >= 0.3 is 0 Å². The summed E-state index contributed by atoms with van der Waals surface area (Å²) in [4.78, 5) is 2.41. The molecule has 1 aliphatic carbocycles. The number of sulfonamides is 1. The molecule has 0 aromatic heterocycles. The molecule has 3 rings (SSSR count). The number of nitrogens with zero attached hydrogens (tertiary/aromatic N) is 2. The van der Waals surface area contributed by atoms with Crippen molar-refractivity contribution in [3.8, 4) is 0 Å². The predicted molar refractivity (Wildman–Crippen MR) is 90.0 cm³/mol. The van der Waals surface area contributed by atoms with E-state index in [9.17, 15) is 13.5 Å². The molecule has 1 saturated carbocycles. The lowest BCUT2D eigenvalue weighted by Gasteiger charge is -2.42. The molecular formula is C16H23ClN2O3S. The van der Waals surface area contributed by atoms with Crippen LogP contribution in [0.25, 0.3) is 0 Å². The first-order valence-corrected chi connectivity index (χ1v) is 9.99. The van der Waals surface area contributed by atoms with E-state index in [-0.39, 0.29) is 22.1 Å². The molecule has 23 heavy (non-hydrogen) atoms. The smallest absolute Gasteiger partial charge is 0.244 e. The van der Waals surface area contributed by atoms with Gasteiger partial charge in [0, 0.05) is 32.2 Å². The lowest BCUT2D eigenvalue weighted by Crippen LogP contribution is -2.55. The molecule has 1 aromatic carbocycles. The minimum Gasteiger partial charge on any atom is -0.391 e. The number of piperazine rings is 1. The van der Waals surface area contributed by atoms with E-state index in [0.717, 1.165) is 25.7 Å². The number of aliphatic hydroxyl groups is 1. The average molecular weight is 359 g/mol. The van der Waals surface area contributed by atoms with E-state index < -0.39 is 10.0 Å². The van der Waals surface area contributed by atoms with Crippen LogP contribution in [0.3, 0.4) is 0 Å². The lowest BCUT2D eigenvalue weighted by atomic mass is 9.91. The second-order valence-corrected chi connectivity index (χ2v) is 8.60. The second kappa shape index (κ2) is 7.07. The van der Waals surface area contributed by atoms with E-state index in [2.05, 4.69) is 4.90 Å². The first kappa shape index (κ1) is 17.2. The number of aliphatic hydroxyl groups excluding tert-OH is 1. The number of hydrogen-bond acceptors (Lipinski definition) is 4. The fraction of sp³-hybridized carbons (Fsp3) is 0.625. The number of rotatable bonds is 3. The molecule has 0 radical (unpaired) electrons. The molecule has 1 aliphatic heterocycles. The van der Waals surface area contributed by atoms with Crippen LogP contribution in [0, 0.1) is 0 Å². The molecule has 1 N–H and O–H groups in total. The van der Waals surface area contributed by atoms with Crippen molar-refractivity contribution in [3.63, 3.8) is 0 Å². The van der Waals surface area contributed by atoms with Gasteiger partial charge in [0.1, 0.15) is 4.90 Å². The standard InChI is InChI=1S/C16H23ClN2O3S/c17-13-5-1-4-8-16(13)23(21,22)19-11-9-18(10-12-19)14-6-2-3-7-15(14)20/h1,4-5,8,14-15,20H,2-3,6-7,9-12H2/t14-,15-/m1/s1. The third-order valence-electron chi connectivity index (χ3n) is 4.89. The van der Waals surface area contributed by atoms with Gasteiger partial charge in [-0.1, -0.05) is 36.6 Å². The minimum atomic E-state index is -3.55. The lowest BCUT2D eigenvalue weighted by molar-refractivity contribution is 0.00640. The number of hydrogen-bond donors (Lipinski definition) is 1. The van der Waals surface area contributed by atoms with Crippen LogP contribution in [0.15, 0.2) is 29.2 Å². The summed E-state index contributed by atoms with van der Waals surface area (Å²) in [7, 11) is -3.55. The average Bonchev–Trinajstić information content (AvgIpc) is 2.56. The van der Waals surface area contributed by atoms with Crippen LogP contribution < -0.4 is 0 Å². The Morgan fingerprint density at radius 1 is 1.04 bits per heavy atom. The highest BCUT2D eigenvalue weighted by Gasteiger charge is 2.34. The van der Waals surface area contributed by atoms with E-state index in [4.69, 9.17) is 11.6 Å². The Bertz CT molecular complexity index is 644. The van der Waals surface area contributed by atoms with Gasteiger partial charge in [-0.2, -0.15) is 4.31 Å². The van der Waals surface area contributed by atoms with Gasteiger partial charge in [-0.15, -0.1) is 0 Å². The number of halogens is 1. The normalized spacial score (nSPS) is 27.9. The molecule has 0 unspecified atom stereocenters. The summed E-state index contributed by atoms with van der Waals surface area (Å²) in [6.07, 6.45) is 3.79. The Kier molecular flexibility index (Phi) is 5.28. The van der Waals surface area contributed by atoms with Gasteiger partial charge < -0.3 is 5.11 Å². The molecule has 5 nitrogen and oxygen atoms in total. The molecule has 0 bridgehead atoms. The van der Waals surface area contributed by atoms with Crippen LogP contribution in [0.2, 0.25) is 5.02 Å². The van der Waals surface area contributed by atoms with E-state index in [1.54, 1.807) is 24.3 Å². The topological polar surface area (TPSA) is 60.9 Å². The Morgan fingerprint density at radius 2 is 1.70 bits per heavy atom. The molecule has 2 atom stereocenters. The van der Waals surface area contributed by atoms with E-state index in [1.165, 1.54) is 4.31 Å². The van der Waals surface area contributed by atoms with Crippen molar-refractivity contribution < 1.29 is 13.5 Å². The van der Waals surface area contributed by atoms with Crippen molar-refractivity contribution in [3.05, 3.63) is 29.3 Å². The quantitative estimate of drug-likeness (QED) is 0.897. The van der Waals surface area contributed by atoms with Crippen molar-refractivity contribution in [1.29, 1.82) is 0 Å². The highest BCUT2D eigenvalue weighted by Crippen LogP contribution is 2.27. The monoisotopic (exact) mass is 358 g/mol. The fourth-order valence-electron chi connectivity index (χ4n) is 3.59. The first-order chi connectivity index (χ1) is 11.0. The molecule has 1 aromatic rings. The van der Waals surface area contributed by atoms with Crippen LogP contribution in [-0.4, -0.2) is 61.1 Å². The zero-order chi connectivity index (χ0) is 16.4. The zero-order valence-corrected chi connectivity index (χ0v) is 14.6. The zero-order valence-electron chi connectivity index (χ0n) is 13.1. The van der Waals surface area contributed by atoms with Gasteiger partial charge in [0.25, 0.3) is 0 Å². The molecule has 7 heteroatoms. The van der Waals surface area contributed by atoms with Gasteiger partial charge in [-0.25, -0.2) is 8.42 Å². The molecule has 0 amide bonds. The molecule has 1 heterocycles. The van der Waals surface area contributed by atoms with Crippen molar-refractivity contribution >= 4 is 21.6 Å². The third-order valence-corrected chi connectivity index (χ3v) is 7.29. The number of benzene rings is 1. The Balaban J connectivity index is 1.68. The van der Waals surface area contributed by atoms with Gasteiger partial charge in [-0.3, -0.25) is 4.90 Å². The van der Waals surface area contributed by atoms with Gasteiger partial charge in [0.05, 0.1) is 11.1 Å². The van der Waals surface area contributed by atoms with Gasteiger partial charge in [-0.05, 0) is 25.0 Å². The van der Waals surface area contributed by atoms with Crippen molar-refractivity contribution in [1.82, 2.24) is 9.21 Å². The van der Waals surface area contributed by atoms with Gasteiger partial charge in [0.15, 0.2) is 0 Å². The summed E-state index contributed by atoms with van der Waals surface area (Å²) < 4.78 is 27.0. The third kappa shape index (κ3) is 3.56. The van der Waals surface area contributed by atoms with Crippen LogP contribution in [0.1, 0.15) is 25.7 Å². The van der Waals surface area contributed by atoms with Crippen LogP contribution in [0.5, 0.6) is 0 Å². The van der Waals surface area contributed by atoms with E-state index in [0.29, 0.717) is 26.2 Å². The second-order valence-electron chi connectivity index (χ2n) is 6.29. The van der Waals surface area contributed by atoms with Crippen LogP contribution in [-0.2, 0) is 10.0 Å². The molecule has 1 saturated heterocycles.